The van der Waals surface area contributed by atoms with Gasteiger partial charge in [0.25, 0.3) is 0 Å². The molecule has 4 heteroatoms. The van der Waals surface area contributed by atoms with Crippen molar-refractivity contribution in [1.29, 1.82) is 0 Å². The monoisotopic (exact) mass is 333 g/mol. The van der Waals surface area contributed by atoms with E-state index in [2.05, 4.69) is 11.9 Å². The molecule has 0 heterocycles. The lowest BCUT2D eigenvalue weighted by Crippen LogP contribution is -2.25. The van der Waals surface area contributed by atoms with E-state index in [1.165, 1.54) is 25.7 Å². The van der Waals surface area contributed by atoms with Gasteiger partial charge in [-0.25, -0.2) is 0 Å². The molecule has 1 aliphatic rings. The number of carbonyl (C=O) groups excluding carboxylic acids is 1. The van der Waals surface area contributed by atoms with Crippen molar-refractivity contribution in [3.8, 4) is 0 Å². The summed E-state index contributed by atoms with van der Waals surface area (Å²) in [5.41, 5.74) is 1.85. The van der Waals surface area contributed by atoms with E-state index in [-0.39, 0.29) is 6.61 Å². The van der Waals surface area contributed by atoms with Crippen molar-refractivity contribution < 1.29 is 9.90 Å². The zero-order chi connectivity index (χ0) is 17.1. The minimum absolute atomic E-state index is 0.250. The SMILES string of the molecule is C=C(S/C(NC1CCCC1)=C(\C)C=O)c1ccccc1.CCO. The molecule has 1 aromatic carbocycles. The quantitative estimate of drug-likeness (QED) is 0.600. The summed E-state index contributed by atoms with van der Waals surface area (Å²) >= 11 is 1.56. The molecule has 0 aliphatic heterocycles. The molecule has 1 saturated carbocycles. The summed E-state index contributed by atoms with van der Waals surface area (Å²) < 4.78 is 0. The van der Waals surface area contributed by atoms with Gasteiger partial charge in [-0.15, -0.1) is 0 Å². The normalized spacial score (nSPS) is 15.3. The maximum Gasteiger partial charge on any atom is 0.148 e. The van der Waals surface area contributed by atoms with Gasteiger partial charge in [-0.1, -0.05) is 61.5 Å². The van der Waals surface area contributed by atoms with Gasteiger partial charge in [-0.3, -0.25) is 4.79 Å². The number of carbonyl (C=O) groups is 1. The molecule has 1 aliphatic carbocycles. The van der Waals surface area contributed by atoms with Gasteiger partial charge in [0.1, 0.15) is 6.29 Å². The molecule has 23 heavy (non-hydrogen) atoms. The molecule has 1 fully saturated rings. The molecule has 0 unspecified atom stereocenters. The molecule has 0 bridgehead atoms. The van der Waals surface area contributed by atoms with E-state index >= 15 is 0 Å². The Balaban J connectivity index is 0.000000816. The minimum atomic E-state index is 0.250. The Hall–Kier alpha value is -1.52. The Labute approximate surface area is 143 Å². The number of aliphatic hydroxyl groups excluding tert-OH is 1. The smallest absolute Gasteiger partial charge is 0.148 e. The summed E-state index contributed by atoms with van der Waals surface area (Å²) in [6.45, 7) is 7.92. The van der Waals surface area contributed by atoms with E-state index in [0.29, 0.717) is 6.04 Å². The van der Waals surface area contributed by atoms with E-state index in [0.717, 1.165) is 27.4 Å². The molecular weight excluding hydrogens is 306 g/mol. The fraction of sp³-hybridized carbons (Fsp3) is 0.421. The van der Waals surface area contributed by atoms with Gasteiger partial charge in [0.15, 0.2) is 0 Å². The first-order valence-electron chi connectivity index (χ1n) is 8.08. The maximum atomic E-state index is 11.1. The van der Waals surface area contributed by atoms with Crippen LogP contribution in [0.4, 0.5) is 0 Å². The highest BCUT2D eigenvalue weighted by Crippen LogP contribution is 2.33. The predicted molar refractivity (Wildman–Crippen MR) is 100.0 cm³/mol. The van der Waals surface area contributed by atoms with Crippen LogP contribution in [0, 0.1) is 0 Å². The highest BCUT2D eigenvalue weighted by Gasteiger charge is 2.17. The Bertz CT molecular complexity index is 519. The molecule has 2 N–H and O–H groups in total. The third-order valence-electron chi connectivity index (χ3n) is 3.55. The van der Waals surface area contributed by atoms with Crippen LogP contribution in [0.5, 0.6) is 0 Å². The molecule has 1 aromatic rings. The van der Waals surface area contributed by atoms with E-state index in [9.17, 15) is 4.79 Å². The summed E-state index contributed by atoms with van der Waals surface area (Å²) in [6, 6.07) is 10.6. The third kappa shape index (κ3) is 7.06. The number of thioether (sulfide) groups is 1. The van der Waals surface area contributed by atoms with Crippen molar-refractivity contribution in [1.82, 2.24) is 5.32 Å². The molecule has 0 saturated heterocycles. The van der Waals surface area contributed by atoms with Crippen LogP contribution >= 0.6 is 11.8 Å². The second kappa shape index (κ2) is 11.1. The summed E-state index contributed by atoms with van der Waals surface area (Å²) in [7, 11) is 0. The van der Waals surface area contributed by atoms with Crippen molar-refractivity contribution in [3.63, 3.8) is 0 Å². The Kier molecular flexibility index (Phi) is 9.41. The number of hydrogen-bond acceptors (Lipinski definition) is 4. The molecule has 0 radical (unpaired) electrons. The molecule has 0 atom stereocenters. The van der Waals surface area contributed by atoms with Crippen LogP contribution in [0.1, 0.15) is 45.1 Å². The minimum Gasteiger partial charge on any atom is -0.397 e. The lowest BCUT2D eigenvalue weighted by atomic mass is 10.2. The van der Waals surface area contributed by atoms with Crippen LogP contribution in [-0.2, 0) is 4.79 Å². The van der Waals surface area contributed by atoms with Gasteiger partial charge in [-0.2, -0.15) is 0 Å². The van der Waals surface area contributed by atoms with Gasteiger partial charge < -0.3 is 10.4 Å². The van der Waals surface area contributed by atoms with E-state index in [1.807, 2.05) is 37.3 Å². The number of aliphatic hydroxyl groups is 1. The number of benzene rings is 1. The van der Waals surface area contributed by atoms with Gasteiger partial charge in [-0.05, 0) is 32.3 Å². The fourth-order valence-corrected chi connectivity index (χ4v) is 3.27. The Morgan fingerprint density at radius 2 is 1.91 bits per heavy atom. The molecule has 0 amide bonds. The fourth-order valence-electron chi connectivity index (χ4n) is 2.34. The number of nitrogens with one attached hydrogen (secondary N) is 1. The molecule has 126 valence electrons. The second-order valence-electron chi connectivity index (χ2n) is 5.46. The van der Waals surface area contributed by atoms with Crippen LogP contribution in [-0.4, -0.2) is 24.0 Å². The van der Waals surface area contributed by atoms with Crippen molar-refractivity contribution in [2.24, 2.45) is 0 Å². The van der Waals surface area contributed by atoms with Crippen molar-refractivity contribution in [2.45, 2.75) is 45.6 Å². The molecule has 3 nitrogen and oxygen atoms in total. The largest absolute Gasteiger partial charge is 0.397 e. The second-order valence-corrected chi connectivity index (χ2v) is 6.57. The molecule has 0 aromatic heterocycles. The van der Waals surface area contributed by atoms with E-state index in [1.54, 1.807) is 18.7 Å². The zero-order valence-corrected chi connectivity index (χ0v) is 14.9. The predicted octanol–water partition coefficient (Wildman–Crippen LogP) is 4.35. The summed E-state index contributed by atoms with van der Waals surface area (Å²) in [5.74, 6) is 0. The Morgan fingerprint density at radius 3 is 2.43 bits per heavy atom. The number of allylic oxidation sites excluding steroid dienone is 1. The zero-order valence-electron chi connectivity index (χ0n) is 14.0. The molecular formula is C19H27NO2S. The van der Waals surface area contributed by atoms with Gasteiger partial charge in [0.2, 0.25) is 0 Å². The number of aldehydes is 1. The molecule has 0 spiro atoms. The van der Waals surface area contributed by atoms with Crippen LogP contribution < -0.4 is 5.32 Å². The standard InChI is InChI=1S/C17H21NOS.C2H6O/c1-13(12-19)17(18-16-10-6-7-11-16)20-14(2)15-8-4-3-5-9-15;1-2-3/h3-5,8-9,12,16,18H,2,6-7,10-11H2,1H3;3H,2H2,1H3/b17-13+;. The van der Waals surface area contributed by atoms with Crippen LogP contribution in [0.2, 0.25) is 0 Å². The number of rotatable bonds is 6. The summed E-state index contributed by atoms with van der Waals surface area (Å²) in [4.78, 5) is 12.1. The van der Waals surface area contributed by atoms with Crippen LogP contribution in [0.25, 0.3) is 4.91 Å². The first kappa shape index (κ1) is 19.5. The van der Waals surface area contributed by atoms with Crippen molar-refractivity contribution >= 4 is 23.0 Å². The average molecular weight is 333 g/mol. The highest BCUT2D eigenvalue weighted by atomic mass is 32.2. The van der Waals surface area contributed by atoms with Gasteiger partial charge in [0, 0.05) is 23.1 Å². The van der Waals surface area contributed by atoms with Gasteiger partial charge in [0.05, 0.1) is 5.03 Å². The van der Waals surface area contributed by atoms with Crippen LogP contribution in [0.3, 0.4) is 0 Å². The first-order valence-corrected chi connectivity index (χ1v) is 8.89. The lowest BCUT2D eigenvalue weighted by Gasteiger charge is -2.18. The van der Waals surface area contributed by atoms with Crippen LogP contribution in [0.15, 0.2) is 47.5 Å². The maximum absolute atomic E-state index is 11.1. The third-order valence-corrected chi connectivity index (χ3v) is 4.67. The van der Waals surface area contributed by atoms with Gasteiger partial charge >= 0.3 is 0 Å². The molecule has 2 rings (SSSR count). The number of hydrogen-bond donors (Lipinski definition) is 2. The summed E-state index contributed by atoms with van der Waals surface area (Å²) in [5, 5.41) is 12.0. The average Bonchev–Trinajstić information content (AvgIpc) is 3.08. The van der Waals surface area contributed by atoms with Crippen molar-refractivity contribution in [2.75, 3.05) is 6.61 Å². The summed E-state index contributed by atoms with van der Waals surface area (Å²) in [6.07, 6.45) is 5.84. The Morgan fingerprint density at radius 1 is 1.35 bits per heavy atom. The highest BCUT2D eigenvalue weighted by molar-refractivity contribution is 8.11. The lowest BCUT2D eigenvalue weighted by molar-refractivity contribution is -0.104. The first-order chi connectivity index (χ1) is 11.1. The topological polar surface area (TPSA) is 49.3 Å². The van der Waals surface area contributed by atoms with E-state index < -0.39 is 0 Å². The van der Waals surface area contributed by atoms with Crippen molar-refractivity contribution in [3.05, 3.63) is 53.1 Å². The van der Waals surface area contributed by atoms with E-state index in [4.69, 9.17) is 5.11 Å².